The molecule has 0 aromatic heterocycles. The molecule has 6 heteroatoms. The number of urea groups is 1. The van der Waals surface area contributed by atoms with Crippen LogP contribution < -0.4 is 15.7 Å². The fraction of sp³-hybridized carbons (Fsp3) is 0.400. The van der Waals surface area contributed by atoms with Gasteiger partial charge in [0.15, 0.2) is 0 Å². The van der Waals surface area contributed by atoms with Gasteiger partial charge in [-0.2, -0.15) is 0 Å². The lowest BCUT2D eigenvalue weighted by atomic mass is 10.2. The SMILES string of the molecule is O=C1C[C@H](C(=O)[O-])NC(=O)N1. The highest BCUT2D eigenvalue weighted by Gasteiger charge is 2.23. The predicted octanol–water partition coefficient (Wildman–Crippen LogP) is -2.67. The van der Waals surface area contributed by atoms with E-state index >= 15 is 0 Å². The molecule has 0 aromatic carbocycles. The van der Waals surface area contributed by atoms with Gasteiger partial charge in [0.2, 0.25) is 5.91 Å². The highest BCUT2D eigenvalue weighted by molar-refractivity contribution is 6.00. The summed E-state index contributed by atoms with van der Waals surface area (Å²) in [6.07, 6.45) is -0.270. The third-order valence-corrected chi connectivity index (χ3v) is 1.23. The number of carbonyl (C=O) groups is 3. The molecule has 1 heterocycles. The van der Waals surface area contributed by atoms with Gasteiger partial charge in [-0.15, -0.1) is 0 Å². The molecule has 0 bridgehead atoms. The maximum atomic E-state index is 10.5. The van der Waals surface area contributed by atoms with Gasteiger partial charge in [-0.25, -0.2) is 4.79 Å². The minimum absolute atomic E-state index is 0.270. The summed E-state index contributed by atoms with van der Waals surface area (Å²) < 4.78 is 0. The summed E-state index contributed by atoms with van der Waals surface area (Å²) >= 11 is 0. The highest BCUT2D eigenvalue weighted by Crippen LogP contribution is 1.95. The van der Waals surface area contributed by atoms with Crippen molar-refractivity contribution < 1.29 is 19.5 Å². The minimum atomic E-state index is -1.45. The first-order chi connectivity index (χ1) is 5.09. The maximum absolute atomic E-state index is 10.5. The summed E-state index contributed by atoms with van der Waals surface area (Å²) in [4.78, 5) is 31.1. The Morgan fingerprint density at radius 3 is 2.64 bits per heavy atom. The van der Waals surface area contributed by atoms with Crippen molar-refractivity contribution in [2.24, 2.45) is 0 Å². The molecule has 0 aromatic rings. The van der Waals surface area contributed by atoms with Crippen LogP contribution in [0.2, 0.25) is 0 Å². The lowest BCUT2D eigenvalue weighted by Gasteiger charge is -2.23. The molecule has 0 unspecified atom stereocenters. The molecule has 0 radical (unpaired) electrons. The van der Waals surface area contributed by atoms with Gasteiger partial charge in [-0.05, 0) is 0 Å². The van der Waals surface area contributed by atoms with Crippen LogP contribution in [0.15, 0.2) is 0 Å². The minimum Gasteiger partial charge on any atom is -0.548 e. The van der Waals surface area contributed by atoms with E-state index in [1.165, 1.54) is 0 Å². The predicted molar refractivity (Wildman–Crippen MR) is 30.1 cm³/mol. The van der Waals surface area contributed by atoms with Gasteiger partial charge in [0.05, 0.1) is 18.4 Å². The summed E-state index contributed by atoms with van der Waals surface area (Å²) in [5.74, 6) is -2.06. The smallest absolute Gasteiger partial charge is 0.321 e. The zero-order valence-corrected chi connectivity index (χ0v) is 5.42. The van der Waals surface area contributed by atoms with E-state index in [1.807, 2.05) is 10.6 Å². The normalized spacial score (nSPS) is 23.8. The molecular formula is C5H5N2O4-. The van der Waals surface area contributed by atoms with Crippen molar-refractivity contribution in [3.8, 4) is 0 Å². The molecular weight excluding hydrogens is 152 g/mol. The van der Waals surface area contributed by atoms with Gasteiger partial charge in [0.1, 0.15) is 0 Å². The number of amides is 3. The van der Waals surface area contributed by atoms with Gasteiger partial charge in [0, 0.05) is 0 Å². The maximum Gasteiger partial charge on any atom is 0.321 e. The summed E-state index contributed by atoms with van der Waals surface area (Å²) in [6, 6.07) is -1.99. The quantitative estimate of drug-likeness (QED) is 0.433. The lowest BCUT2D eigenvalue weighted by Crippen LogP contribution is -2.58. The molecule has 0 spiro atoms. The Kier molecular flexibility index (Phi) is 1.75. The number of imide groups is 1. The van der Waals surface area contributed by atoms with Crippen molar-refractivity contribution in [1.29, 1.82) is 0 Å². The highest BCUT2D eigenvalue weighted by atomic mass is 16.4. The number of carboxylic acid groups (broad SMARTS) is 1. The first kappa shape index (κ1) is 7.52. The van der Waals surface area contributed by atoms with Crippen LogP contribution in [0, 0.1) is 0 Å². The molecule has 1 saturated heterocycles. The fourth-order valence-electron chi connectivity index (χ4n) is 0.751. The topological polar surface area (TPSA) is 98.3 Å². The number of hydrogen-bond donors (Lipinski definition) is 2. The van der Waals surface area contributed by atoms with E-state index in [9.17, 15) is 19.5 Å². The molecule has 1 fully saturated rings. The molecule has 60 valence electrons. The van der Waals surface area contributed by atoms with Crippen LogP contribution in [-0.4, -0.2) is 23.9 Å². The van der Waals surface area contributed by atoms with Gasteiger partial charge in [0.25, 0.3) is 0 Å². The Hall–Kier alpha value is -1.59. The zero-order chi connectivity index (χ0) is 8.43. The lowest BCUT2D eigenvalue weighted by molar-refractivity contribution is -0.308. The Bertz CT molecular complexity index is 209. The molecule has 3 amide bonds. The molecule has 6 nitrogen and oxygen atoms in total. The van der Waals surface area contributed by atoms with Gasteiger partial charge in [-0.1, -0.05) is 0 Å². The Morgan fingerprint density at radius 1 is 1.55 bits per heavy atom. The summed E-state index contributed by atoms with van der Waals surface area (Å²) in [5, 5.41) is 14.0. The standard InChI is InChI=1S/C5H6N2O4/c8-3-1-2(4(9)10)6-5(11)7-3/h2H,1H2,(H,9,10)(H2,6,7,8,11)/p-1/t2-/m1/s1. The molecule has 1 aliphatic rings. The Morgan fingerprint density at radius 2 is 2.18 bits per heavy atom. The molecule has 2 N–H and O–H groups in total. The molecule has 1 rings (SSSR count). The Labute approximate surface area is 61.6 Å². The molecule has 1 atom stereocenters. The molecule has 11 heavy (non-hydrogen) atoms. The van der Waals surface area contributed by atoms with Crippen LogP contribution >= 0.6 is 0 Å². The number of rotatable bonds is 1. The fourth-order valence-corrected chi connectivity index (χ4v) is 0.751. The first-order valence-electron chi connectivity index (χ1n) is 2.91. The monoisotopic (exact) mass is 157 g/mol. The van der Waals surface area contributed by atoms with Crippen LogP contribution in [0.5, 0.6) is 0 Å². The third-order valence-electron chi connectivity index (χ3n) is 1.23. The number of nitrogens with one attached hydrogen (secondary N) is 2. The van der Waals surface area contributed by atoms with Crippen molar-refractivity contribution in [3.05, 3.63) is 0 Å². The van der Waals surface area contributed by atoms with Gasteiger partial charge in [-0.3, -0.25) is 10.1 Å². The van der Waals surface area contributed by atoms with Gasteiger partial charge >= 0.3 is 6.03 Å². The summed E-state index contributed by atoms with van der Waals surface area (Å²) in [5.41, 5.74) is 0. The largest absolute Gasteiger partial charge is 0.548 e. The molecule has 1 aliphatic heterocycles. The van der Waals surface area contributed by atoms with E-state index in [2.05, 4.69) is 0 Å². The van der Waals surface area contributed by atoms with Crippen molar-refractivity contribution in [2.45, 2.75) is 12.5 Å². The zero-order valence-electron chi connectivity index (χ0n) is 5.42. The molecule has 0 saturated carbocycles. The first-order valence-corrected chi connectivity index (χ1v) is 2.91. The van der Waals surface area contributed by atoms with Crippen LogP contribution in [0.4, 0.5) is 4.79 Å². The average molecular weight is 157 g/mol. The second kappa shape index (κ2) is 2.57. The van der Waals surface area contributed by atoms with E-state index in [-0.39, 0.29) is 6.42 Å². The van der Waals surface area contributed by atoms with E-state index in [1.54, 1.807) is 0 Å². The number of carboxylic acids is 1. The van der Waals surface area contributed by atoms with Crippen LogP contribution in [0.1, 0.15) is 6.42 Å². The van der Waals surface area contributed by atoms with Gasteiger partial charge < -0.3 is 15.2 Å². The van der Waals surface area contributed by atoms with Crippen LogP contribution in [-0.2, 0) is 9.59 Å². The third kappa shape index (κ3) is 1.66. The number of hydrogen-bond acceptors (Lipinski definition) is 4. The van der Waals surface area contributed by atoms with Crippen LogP contribution in [0.3, 0.4) is 0 Å². The van der Waals surface area contributed by atoms with Crippen molar-refractivity contribution >= 4 is 17.9 Å². The van der Waals surface area contributed by atoms with Crippen molar-refractivity contribution in [3.63, 3.8) is 0 Å². The van der Waals surface area contributed by atoms with E-state index in [4.69, 9.17) is 0 Å². The summed E-state index contributed by atoms with van der Waals surface area (Å²) in [7, 11) is 0. The average Bonchev–Trinajstić information content (AvgIpc) is 1.85. The Balaban J connectivity index is 2.63. The van der Waals surface area contributed by atoms with Crippen molar-refractivity contribution in [2.75, 3.05) is 0 Å². The van der Waals surface area contributed by atoms with E-state index in [0.717, 1.165) is 0 Å². The second-order valence-electron chi connectivity index (χ2n) is 2.10. The van der Waals surface area contributed by atoms with Crippen LogP contribution in [0.25, 0.3) is 0 Å². The summed E-state index contributed by atoms with van der Waals surface area (Å²) in [6.45, 7) is 0. The second-order valence-corrected chi connectivity index (χ2v) is 2.10. The number of aliphatic carboxylic acids is 1. The number of carbonyl (C=O) groups excluding carboxylic acids is 3. The molecule has 0 aliphatic carbocycles. The van der Waals surface area contributed by atoms with E-state index < -0.39 is 23.9 Å². The van der Waals surface area contributed by atoms with Crippen molar-refractivity contribution in [1.82, 2.24) is 10.6 Å². The van der Waals surface area contributed by atoms with E-state index in [0.29, 0.717) is 0 Å².